The Bertz CT molecular complexity index is 364. The normalized spacial score (nSPS) is 12.1. The average Bonchev–Trinajstić information content (AvgIpc) is 2.23. The van der Waals surface area contributed by atoms with Gasteiger partial charge >= 0.3 is 0 Å². The maximum absolute atomic E-state index is 8.90. The van der Waals surface area contributed by atoms with Crippen molar-refractivity contribution in [2.75, 3.05) is 12.3 Å². The van der Waals surface area contributed by atoms with Gasteiger partial charge in [0.15, 0.2) is 0 Å². The number of pyridine rings is 1. The first-order valence-corrected chi connectivity index (χ1v) is 6.35. The molecule has 0 saturated carbocycles. The Morgan fingerprint density at radius 2 is 2.25 bits per heavy atom. The zero-order chi connectivity index (χ0) is 12.0. The first kappa shape index (κ1) is 13.0. The molecule has 0 aliphatic heterocycles. The first-order chi connectivity index (χ1) is 7.65. The highest BCUT2D eigenvalue weighted by Gasteiger charge is 2.07. The topological polar surface area (TPSA) is 48.7 Å². The number of nitrogens with zero attached hydrogens (tertiary/aromatic N) is 2. The summed E-state index contributed by atoms with van der Waals surface area (Å²) in [5, 5.41) is 13.0. The molecule has 16 heavy (non-hydrogen) atoms. The van der Waals surface area contributed by atoms with Gasteiger partial charge in [0, 0.05) is 11.4 Å². The van der Waals surface area contributed by atoms with Crippen LogP contribution in [0.5, 0.6) is 0 Å². The molecule has 0 bridgehead atoms. The van der Waals surface area contributed by atoms with Crippen LogP contribution in [0.25, 0.3) is 0 Å². The van der Waals surface area contributed by atoms with Gasteiger partial charge in [-0.05, 0) is 38.1 Å². The van der Waals surface area contributed by atoms with Gasteiger partial charge in [-0.15, -0.1) is 11.8 Å². The van der Waals surface area contributed by atoms with E-state index in [4.69, 9.17) is 5.26 Å². The first-order valence-electron chi connectivity index (χ1n) is 5.36. The van der Waals surface area contributed by atoms with Crippen LogP contribution in [-0.2, 0) is 0 Å². The summed E-state index contributed by atoms with van der Waals surface area (Å²) in [6.07, 6.45) is 0. The average molecular weight is 235 g/mol. The lowest BCUT2D eigenvalue weighted by molar-refractivity contribution is 0.677. The molecule has 0 aliphatic carbocycles. The Balaban J connectivity index is 2.57. The van der Waals surface area contributed by atoms with Crippen molar-refractivity contribution in [3.8, 4) is 6.07 Å². The van der Waals surface area contributed by atoms with E-state index in [0.29, 0.717) is 0 Å². The fourth-order valence-corrected chi connectivity index (χ4v) is 2.44. The van der Waals surface area contributed by atoms with Crippen LogP contribution in [0.3, 0.4) is 0 Å². The van der Waals surface area contributed by atoms with Crippen LogP contribution in [0.1, 0.15) is 18.2 Å². The molecule has 1 rings (SSSR count). The van der Waals surface area contributed by atoms with Crippen LogP contribution in [0, 0.1) is 25.2 Å². The molecular formula is C12H17N3S. The number of hydrogen-bond donors (Lipinski definition) is 1. The van der Waals surface area contributed by atoms with Crippen molar-refractivity contribution < 1.29 is 0 Å². The quantitative estimate of drug-likeness (QED) is 0.796. The Hall–Kier alpha value is -1.05. The number of aromatic nitrogens is 1. The van der Waals surface area contributed by atoms with E-state index in [9.17, 15) is 0 Å². The van der Waals surface area contributed by atoms with E-state index in [1.807, 2.05) is 13.8 Å². The van der Waals surface area contributed by atoms with Gasteiger partial charge in [0.1, 0.15) is 6.04 Å². The van der Waals surface area contributed by atoms with Gasteiger partial charge in [-0.1, -0.05) is 6.92 Å². The third-order valence-electron chi connectivity index (χ3n) is 2.08. The van der Waals surface area contributed by atoms with E-state index in [2.05, 4.69) is 35.4 Å². The molecule has 1 heterocycles. The van der Waals surface area contributed by atoms with Crippen molar-refractivity contribution in [3.63, 3.8) is 0 Å². The van der Waals surface area contributed by atoms with E-state index in [-0.39, 0.29) is 6.04 Å². The Labute approximate surface area is 101 Å². The predicted molar refractivity (Wildman–Crippen MR) is 67.5 cm³/mol. The standard InChI is InChI=1S/C12H17N3S/c1-4-14-11(7-13)8-16-12-6-9(2)5-10(3)15-12/h5-6,11,14H,4,8H2,1-3H3. The molecule has 0 saturated heterocycles. The second-order valence-electron chi connectivity index (χ2n) is 3.67. The minimum absolute atomic E-state index is 0.0994. The highest BCUT2D eigenvalue weighted by Crippen LogP contribution is 2.18. The molecule has 1 aromatic rings. The molecule has 1 aromatic heterocycles. The fraction of sp³-hybridized carbons (Fsp3) is 0.500. The molecule has 0 fully saturated rings. The molecule has 0 spiro atoms. The van der Waals surface area contributed by atoms with Gasteiger partial charge < -0.3 is 5.32 Å². The highest BCUT2D eigenvalue weighted by atomic mass is 32.2. The molecule has 1 atom stereocenters. The third-order valence-corrected chi connectivity index (χ3v) is 3.08. The molecule has 0 amide bonds. The smallest absolute Gasteiger partial charge is 0.105 e. The molecule has 86 valence electrons. The summed E-state index contributed by atoms with van der Waals surface area (Å²) in [5.41, 5.74) is 2.24. The molecule has 0 aliphatic rings. The number of hydrogen-bond acceptors (Lipinski definition) is 4. The molecule has 0 radical (unpaired) electrons. The van der Waals surface area contributed by atoms with Crippen molar-refractivity contribution in [2.45, 2.75) is 31.8 Å². The summed E-state index contributed by atoms with van der Waals surface area (Å²) in [7, 11) is 0. The lowest BCUT2D eigenvalue weighted by Gasteiger charge is -2.09. The third kappa shape index (κ3) is 4.21. The molecule has 3 nitrogen and oxygen atoms in total. The fourth-order valence-electron chi connectivity index (χ4n) is 1.44. The van der Waals surface area contributed by atoms with Crippen LogP contribution >= 0.6 is 11.8 Å². The van der Waals surface area contributed by atoms with Crippen LogP contribution in [0.15, 0.2) is 17.2 Å². The second-order valence-corrected chi connectivity index (χ2v) is 4.71. The lowest BCUT2D eigenvalue weighted by atomic mass is 10.3. The summed E-state index contributed by atoms with van der Waals surface area (Å²) < 4.78 is 0. The van der Waals surface area contributed by atoms with Crippen LogP contribution in [0.2, 0.25) is 0 Å². The van der Waals surface area contributed by atoms with Crippen molar-refractivity contribution in [1.82, 2.24) is 10.3 Å². The zero-order valence-electron chi connectivity index (χ0n) is 9.95. The van der Waals surface area contributed by atoms with E-state index in [0.717, 1.165) is 23.0 Å². The Morgan fingerprint density at radius 3 is 2.81 bits per heavy atom. The van der Waals surface area contributed by atoms with Crippen molar-refractivity contribution >= 4 is 11.8 Å². The number of nitriles is 1. The summed E-state index contributed by atoms with van der Waals surface area (Å²) in [6, 6.07) is 6.25. The van der Waals surface area contributed by atoms with E-state index in [1.54, 1.807) is 11.8 Å². The molecular weight excluding hydrogens is 218 g/mol. The van der Waals surface area contributed by atoms with Gasteiger partial charge in [-0.2, -0.15) is 5.26 Å². The number of nitrogens with one attached hydrogen (secondary N) is 1. The van der Waals surface area contributed by atoms with E-state index < -0.39 is 0 Å². The maximum Gasteiger partial charge on any atom is 0.105 e. The van der Waals surface area contributed by atoms with Gasteiger partial charge in [0.25, 0.3) is 0 Å². The van der Waals surface area contributed by atoms with Crippen LogP contribution < -0.4 is 5.32 Å². The monoisotopic (exact) mass is 235 g/mol. The van der Waals surface area contributed by atoms with Crippen molar-refractivity contribution in [1.29, 1.82) is 5.26 Å². The highest BCUT2D eigenvalue weighted by molar-refractivity contribution is 7.99. The zero-order valence-corrected chi connectivity index (χ0v) is 10.8. The Morgan fingerprint density at radius 1 is 1.50 bits per heavy atom. The maximum atomic E-state index is 8.90. The summed E-state index contributed by atoms with van der Waals surface area (Å²) in [5.74, 6) is 0.736. The largest absolute Gasteiger partial charge is 0.302 e. The van der Waals surface area contributed by atoms with Gasteiger partial charge in [-0.3, -0.25) is 0 Å². The lowest BCUT2D eigenvalue weighted by Crippen LogP contribution is -2.29. The molecule has 1 N–H and O–H groups in total. The number of thioether (sulfide) groups is 1. The molecule has 0 aromatic carbocycles. The van der Waals surface area contributed by atoms with Crippen molar-refractivity contribution in [3.05, 3.63) is 23.4 Å². The van der Waals surface area contributed by atoms with Crippen LogP contribution in [-0.4, -0.2) is 23.3 Å². The van der Waals surface area contributed by atoms with E-state index >= 15 is 0 Å². The Kier molecular flexibility index (Phi) is 5.30. The molecule has 1 unspecified atom stereocenters. The van der Waals surface area contributed by atoms with Gasteiger partial charge in [-0.25, -0.2) is 4.98 Å². The summed E-state index contributed by atoms with van der Waals surface area (Å²) >= 11 is 1.63. The van der Waals surface area contributed by atoms with Gasteiger partial charge in [0.05, 0.1) is 11.1 Å². The number of aryl methyl sites for hydroxylation is 2. The van der Waals surface area contributed by atoms with E-state index in [1.165, 1.54) is 5.56 Å². The SMILES string of the molecule is CCNC(C#N)CSc1cc(C)cc(C)n1. The molecule has 4 heteroatoms. The minimum Gasteiger partial charge on any atom is -0.302 e. The summed E-state index contributed by atoms with van der Waals surface area (Å²) in [4.78, 5) is 4.43. The predicted octanol–water partition coefficient (Wildman–Crippen LogP) is 2.29. The minimum atomic E-state index is -0.0994. The summed E-state index contributed by atoms with van der Waals surface area (Å²) in [6.45, 7) is 6.87. The second kappa shape index (κ2) is 6.51. The van der Waals surface area contributed by atoms with Gasteiger partial charge in [0.2, 0.25) is 0 Å². The van der Waals surface area contributed by atoms with Crippen LogP contribution in [0.4, 0.5) is 0 Å². The number of rotatable bonds is 5. The van der Waals surface area contributed by atoms with Crippen molar-refractivity contribution in [2.24, 2.45) is 0 Å².